The number of sulfone groups is 1. The van der Waals surface area contributed by atoms with Crippen LogP contribution < -0.4 is 5.69 Å². The van der Waals surface area contributed by atoms with Gasteiger partial charge in [-0.2, -0.15) is 0 Å². The van der Waals surface area contributed by atoms with Crippen LogP contribution in [0.15, 0.2) is 23.0 Å². The summed E-state index contributed by atoms with van der Waals surface area (Å²) < 4.78 is 23.5. The molecule has 0 aliphatic heterocycles. The second-order valence-electron chi connectivity index (χ2n) is 4.22. The number of aromatic amines is 1. The molecule has 102 valence electrons. The number of aryl methyl sites for hydroxylation is 1. The summed E-state index contributed by atoms with van der Waals surface area (Å²) in [5, 5.41) is 9.01. The van der Waals surface area contributed by atoms with E-state index in [0.717, 1.165) is 6.26 Å². The minimum absolute atomic E-state index is 0.0132. The van der Waals surface area contributed by atoms with Crippen LogP contribution in [0, 0.1) is 0 Å². The van der Waals surface area contributed by atoms with Crippen LogP contribution in [0.25, 0.3) is 11.0 Å². The molecule has 0 unspecified atom stereocenters. The van der Waals surface area contributed by atoms with Crippen LogP contribution in [0.5, 0.6) is 0 Å². The molecule has 0 amide bonds. The van der Waals surface area contributed by atoms with E-state index in [1.54, 1.807) is 6.07 Å². The van der Waals surface area contributed by atoms with Crippen molar-refractivity contribution in [2.24, 2.45) is 0 Å². The van der Waals surface area contributed by atoms with E-state index in [-0.39, 0.29) is 23.4 Å². The third kappa shape index (κ3) is 2.68. The zero-order valence-corrected chi connectivity index (χ0v) is 10.9. The van der Waals surface area contributed by atoms with Crippen LogP contribution in [-0.4, -0.2) is 41.1 Å². The van der Waals surface area contributed by atoms with Gasteiger partial charge in [0.1, 0.15) is 9.84 Å². The Kier molecular flexibility index (Phi) is 3.19. The molecule has 0 bridgehead atoms. The van der Waals surface area contributed by atoms with Gasteiger partial charge < -0.3 is 10.1 Å². The number of rotatable bonds is 4. The number of hydrogen-bond acceptors (Lipinski definition) is 4. The summed E-state index contributed by atoms with van der Waals surface area (Å²) >= 11 is 0. The average molecular weight is 284 g/mol. The topological polar surface area (TPSA) is 109 Å². The first kappa shape index (κ1) is 13.3. The summed E-state index contributed by atoms with van der Waals surface area (Å²) in [6, 6.07) is 4.46. The zero-order chi connectivity index (χ0) is 14.2. The Balaban J connectivity index is 2.57. The van der Waals surface area contributed by atoms with Crippen molar-refractivity contribution in [1.29, 1.82) is 0 Å². The summed E-state index contributed by atoms with van der Waals surface area (Å²) in [6.07, 6.45) is 1.08. The first-order valence-corrected chi connectivity index (χ1v) is 7.48. The van der Waals surface area contributed by atoms with Gasteiger partial charge >= 0.3 is 11.7 Å². The first-order chi connectivity index (χ1) is 8.79. The van der Waals surface area contributed by atoms with E-state index in [2.05, 4.69) is 4.98 Å². The number of carboxylic acid groups (broad SMARTS) is 1. The molecular weight excluding hydrogens is 272 g/mol. The predicted octanol–water partition coefficient (Wildman–Crippen LogP) is 0.0724. The highest BCUT2D eigenvalue weighted by Gasteiger charge is 2.15. The van der Waals surface area contributed by atoms with Gasteiger partial charge in [0.15, 0.2) is 0 Å². The molecule has 1 heterocycles. The fourth-order valence-corrected chi connectivity index (χ4v) is 2.35. The molecule has 2 rings (SSSR count). The molecule has 0 atom stereocenters. The molecule has 0 fully saturated rings. The fourth-order valence-electron chi connectivity index (χ4n) is 1.84. The summed E-state index contributed by atoms with van der Waals surface area (Å²) in [6.45, 7) is -0.0132. The maximum Gasteiger partial charge on any atom is 0.337 e. The maximum atomic E-state index is 11.7. The molecule has 0 saturated carbocycles. The molecular formula is C11H12N2O5S. The van der Waals surface area contributed by atoms with Crippen molar-refractivity contribution < 1.29 is 18.3 Å². The number of benzene rings is 1. The predicted molar refractivity (Wildman–Crippen MR) is 69.2 cm³/mol. The number of para-hydroxylation sites is 1. The van der Waals surface area contributed by atoms with Gasteiger partial charge in [0.2, 0.25) is 0 Å². The molecule has 0 spiro atoms. The second kappa shape index (κ2) is 4.54. The van der Waals surface area contributed by atoms with Gasteiger partial charge in [0.05, 0.1) is 22.3 Å². The monoisotopic (exact) mass is 284 g/mol. The minimum Gasteiger partial charge on any atom is -0.478 e. The highest BCUT2D eigenvalue weighted by Crippen LogP contribution is 2.15. The molecule has 2 N–H and O–H groups in total. The number of hydrogen-bond donors (Lipinski definition) is 2. The number of nitrogens with one attached hydrogen (secondary N) is 1. The third-order valence-electron chi connectivity index (χ3n) is 2.73. The number of fused-ring (bicyclic) bond motifs is 1. The summed E-state index contributed by atoms with van der Waals surface area (Å²) in [7, 11) is -3.20. The molecule has 1 aromatic heterocycles. The Bertz CT molecular complexity index is 800. The smallest absolute Gasteiger partial charge is 0.337 e. The van der Waals surface area contributed by atoms with Gasteiger partial charge in [-0.25, -0.2) is 18.0 Å². The fraction of sp³-hybridized carbons (Fsp3) is 0.273. The lowest BCUT2D eigenvalue weighted by molar-refractivity contribution is 0.0699. The van der Waals surface area contributed by atoms with Crippen LogP contribution in [0.1, 0.15) is 10.4 Å². The number of imidazole rings is 1. The van der Waals surface area contributed by atoms with Crippen molar-refractivity contribution >= 4 is 26.8 Å². The van der Waals surface area contributed by atoms with Gasteiger partial charge in [-0.3, -0.25) is 4.57 Å². The molecule has 2 aromatic rings. The first-order valence-electron chi connectivity index (χ1n) is 5.42. The number of carboxylic acids is 1. The molecule has 1 aromatic carbocycles. The lowest BCUT2D eigenvalue weighted by Gasteiger charge is -2.02. The minimum atomic E-state index is -3.20. The molecule has 7 nitrogen and oxygen atoms in total. The molecule has 0 aliphatic rings. The van der Waals surface area contributed by atoms with E-state index in [9.17, 15) is 18.0 Å². The number of carbonyl (C=O) groups is 1. The number of H-pyrrole nitrogens is 1. The van der Waals surface area contributed by atoms with Crippen molar-refractivity contribution in [2.45, 2.75) is 6.54 Å². The maximum absolute atomic E-state index is 11.7. The number of aromatic nitrogens is 2. The second-order valence-corrected chi connectivity index (χ2v) is 6.48. The highest BCUT2D eigenvalue weighted by molar-refractivity contribution is 7.90. The van der Waals surface area contributed by atoms with E-state index in [1.165, 1.54) is 16.7 Å². The molecule has 19 heavy (non-hydrogen) atoms. The zero-order valence-electron chi connectivity index (χ0n) is 10.1. The molecule has 8 heteroatoms. The number of aromatic carboxylic acids is 1. The summed E-state index contributed by atoms with van der Waals surface area (Å²) in [5.41, 5.74) is 0.0436. The lowest BCUT2D eigenvalue weighted by atomic mass is 10.2. The highest BCUT2D eigenvalue weighted by atomic mass is 32.2. The molecule has 0 saturated heterocycles. The van der Waals surface area contributed by atoms with E-state index in [0.29, 0.717) is 5.52 Å². The van der Waals surface area contributed by atoms with Crippen molar-refractivity contribution in [1.82, 2.24) is 9.55 Å². The standard InChI is InChI=1S/C11H12N2O5S/c1-19(17,18)6-5-13-8-4-2-3-7(10(14)15)9(8)12-11(13)16/h2-4H,5-6H2,1H3,(H,12,16)(H,14,15). The third-order valence-corrected chi connectivity index (χ3v) is 3.65. The van der Waals surface area contributed by atoms with E-state index >= 15 is 0 Å². The van der Waals surface area contributed by atoms with E-state index in [1.807, 2.05) is 0 Å². The SMILES string of the molecule is CS(=O)(=O)CCn1c(=O)[nH]c2c(C(=O)O)cccc21. The van der Waals surface area contributed by atoms with Crippen LogP contribution in [0.3, 0.4) is 0 Å². The normalized spacial score (nSPS) is 11.8. The summed E-state index contributed by atoms with van der Waals surface area (Å²) in [4.78, 5) is 25.2. The summed E-state index contributed by atoms with van der Waals surface area (Å²) in [5.74, 6) is -1.33. The van der Waals surface area contributed by atoms with Crippen molar-refractivity contribution in [3.63, 3.8) is 0 Å². The largest absolute Gasteiger partial charge is 0.478 e. The van der Waals surface area contributed by atoms with E-state index < -0.39 is 21.5 Å². The Morgan fingerprint density at radius 2 is 2.11 bits per heavy atom. The van der Waals surface area contributed by atoms with Gasteiger partial charge in [0, 0.05) is 12.8 Å². The van der Waals surface area contributed by atoms with Crippen molar-refractivity contribution in [3.8, 4) is 0 Å². The lowest BCUT2D eigenvalue weighted by Crippen LogP contribution is -2.21. The van der Waals surface area contributed by atoms with Gasteiger partial charge in [-0.15, -0.1) is 0 Å². The average Bonchev–Trinajstić information content (AvgIpc) is 2.60. The Morgan fingerprint density at radius 3 is 2.68 bits per heavy atom. The van der Waals surface area contributed by atoms with Gasteiger partial charge in [-0.05, 0) is 12.1 Å². The Morgan fingerprint density at radius 1 is 1.42 bits per heavy atom. The van der Waals surface area contributed by atoms with Crippen LogP contribution in [0.2, 0.25) is 0 Å². The van der Waals surface area contributed by atoms with Crippen molar-refractivity contribution in [2.75, 3.05) is 12.0 Å². The molecule has 0 aliphatic carbocycles. The molecule has 0 radical (unpaired) electrons. The van der Waals surface area contributed by atoms with Crippen LogP contribution >= 0.6 is 0 Å². The van der Waals surface area contributed by atoms with Crippen LogP contribution in [-0.2, 0) is 16.4 Å². The van der Waals surface area contributed by atoms with Gasteiger partial charge in [0.25, 0.3) is 0 Å². The van der Waals surface area contributed by atoms with Crippen molar-refractivity contribution in [3.05, 3.63) is 34.2 Å². The number of nitrogens with zero attached hydrogens (tertiary/aromatic N) is 1. The quantitative estimate of drug-likeness (QED) is 0.825. The van der Waals surface area contributed by atoms with Gasteiger partial charge in [-0.1, -0.05) is 6.07 Å². The Hall–Kier alpha value is -2.09. The van der Waals surface area contributed by atoms with E-state index in [4.69, 9.17) is 5.11 Å². The van der Waals surface area contributed by atoms with Crippen LogP contribution in [0.4, 0.5) is 0 Å². The Labute approximate surface area is 108 Å².